The maximum Gasteiger partial charge on any atom is 0.420 e. The van der Waals surface area contributed by atoms with Crippen LogP contribution in [0.25, 0.3) is 10.9 Å². The first-order valence-corrected chi connectivity index (χ1v) is 11.9. The molecule has 3 aromatic rings. The van der Waals surface area contributed by atoms with Crippen LogP contribution in [0.5, 0.6) is 0 Å². The van der Waals surface area contributed by atoms with Gasteiger partial charge in [-0.25, -0.2) is 4.39 Å². The normalized spacial score (nSPS) is 16.8. The van der Waals surface area contributed by atoms with E-state index in [1.54, 1.807) is 24.3 Å². The molecule has 4 rings (SSSR count). The fourth-order valence-electron chi connectivity index (χ4n) is 4.09. The molecule has 2 aromatic carbocycles. The number of fused-ring (bicyclic) bond motifs is 1. The van der Waals surface area contributed by atoms with Crippen molar-refractivity contribution in [1.82, 2.24) is 15.2 Å². The number of benzene rings is 2. The molecule has 0 fully saturated rings. The number of carbonyl (C=O) groups excluding carboxylic acids is 2. The van der Waals surface area contributed by atoms with Crippen LogP contribution in [0.2, 0.25) is 0 Å². The van der Waals surface area contributed by atoms with Crippen molar-refractivity contribution < 1.29 is 36.9 Å². The van der Waals surface area contributed by atoms with Crippen LogP contribution < -0.4 is 11.1 Å². The minimum atomic E-state index is -5.20. The van der Waals surface area contributed by atoms with E-state index in [0.29, 0.717) is 16.6 Å². The highest BCUT2D eigenvalue weighted by Crippen LogP contribution is 2.32. The second-order valence-corrected chi connectivity index (χ2v) is 8.90. The van der Waals surface area contributed by atoms with Crippen LogP contribution in [-0.4, -0.2) is 75.0 Å². The number of nitrogens with two attached hydrogens (primary N) is 1. The molecule has 2 unspecified atom stereocenters. The number of rotatable bonds is 8. The molecule has 0 radical (unpaired) electrons. The molecular weight excluding hydrogens is 520 g/mol. The Morgan fingerprint density at radius 3 is 2.49 bits per heavy atom. The van der Waals surface area contributed by atoms with Gasteiger partial charge in [-0.05, 0) is 43.3 Å². The van der Waals surface area contributed by atoms with Crippen molar-refractivity contribution in [2.45, 2.75) is 18.7 Å². The number of carbonyl (C=O) groups is 2. The number of hydrogen-bond acceptors (Lipinski definition) is 6. The van der Waals surface area contributed by atoms with Crippen molar-refractivity contribution in [3.63, 3.8) is 0 Å². The molecule has 39 heavy (non-hydrogen) atoms. The molecule has 0 aliphatic carbocycles. The minimum Gasteiger partial charge on any atom is -0.378 e. The SMILES string of the molecule is CCN(CC(O)(CNC(=O)C1C=N[N+](c2ccc(F)cc2)=C1N)C(F)(F)F)C(=O)c1cccc2cccnc12. The fourth-order valence-corrected chi connectivity index (χ4v) is 4.09. The number of hydrazone groups is 1. The van der Waals surface area contributed by atoms with Gasteiger partial charge in [-0.1, -0.05) is 23.3 Å². The lowest BCUT2D eigenvalue weighted by molar-refractivity contribution is -0.443. The van der Waals surface area contributed by atoms with E-state index in [4.69, 9.17) is 5.73 Å². The molecular formula is C26H25F4N6O3+. The smallest absolute Gasteiger partial charge is 0.378 e. The molecule has 0 saturated heterocycles. The van der Waals surface area contributed by atoms with E-state index in [1.807, 2.05) is 0 Å². The van der Waals surface area contributed by atoms with Crippen LogP contribution in [0.15, 0.2) is 65.9 Å². The maximum atomic E-state index is 14.1. The molecule has 13 heteroatoms. The summed E-state index contributed by atoms with van der Waals surface area (Å²) in [6.07, 6.45) is -2.62. The van der Waals surface area contributed by atoms with Gasteiger partial charge in [0.1, 0.15) is 5.82 Å². The molecule has 2 atom stereocenters. The van der Waals surface area contributed by atoms with Crippen molar-refractivity contribution in [3.8, 4) is 0 Å². The van der Waals surface area contributed by atoms with Gasteiger partial charge in [-0.3, -0.25) is 20.3 Å². The summed E-state index contributed by atoms with van der Waals surface area (Å²) in [7, 11) is 0. The number of aliphatic hydroxyl groups is 1. The number of amides is 2. The van der Waals surface area contributed by atoms with Gasteiger partial charge in [-0.15, -0.1) is 4.68 Å². The van der Waals surface area contributed by atoms with Crippen molar-refractivity contribution >= 4 is 40.5 Å². The Labute approximate surface area is 220 Å². The fraction of sp³-hybridized carbons (Fsp3) is 0.269. The molecule has 204 valence electrons. The summed E-state index contributed by atoms with van der Waals surface area (Å²) < 4.78 is 56.6. The molecule has 9 nitrogen and oxygen atoms in total. The summed E-state index contributed by atoms with van der Waals surface area (Å²) in [5.41, 5.74) is 3.24. The van der Waals surface area contributed by atoms with E-state index in [0.717, 1.165) is 27.9 Å². The van der Waals surface area contributed by atoms with E-state index < -0.39 is 48.4 Å². The van der Waals surface area contributed by atoms with Gasteiger partial charge < -0.3 is 15.3 Å². The summed E-state index contributed by atoms with van der Waals surface area (Å²) in [5.74, 6) is -3.57. The average Bonchev–Trinajstić information content (AvgIpc) is 3.30. The summed E-state index contributed by atoms with van der Waals surface area (Å²) in [6, 6.07) is 13.2. The number of hydrogen-bond donors (Lipinski definition) is 3. The average molecular weight is 546 g/mol. The minimum absolute atomic E-state index is 0.0777. The first-order valence-electron chi connectivity index (χ1n) is 11.9. The number of halogens is 4. The van der Waals surface area contributed by atoms with Crippen LogP contribution in [-0.2, 0) is 4.79 Å². The summed E-state index contributed by atoms with van der Waals surface area (Å²) in [6.45, 7) is -1.08. The molecule has 0 saturated carbocycles. The Morgan fingerprint density at radius 1 is 1.13 bits per heavy atom. The quantitative estimate of drug-likeness (QED) is 0.297. The third kappa shape index (κ3) is 5.58. The third-order valence-corrected chi connectivity index (χ3v) is 6.32. The van der Waals surface area contributed by atoms with Gasteiger partial charge in [0.15, 0.2) is 17.2 Å². The Hall–Kier alpha value is -4.39. The van der Waals surface area contributed by atoms with Gasteiger partial charge >= 0.3 is 6.18 Å². The van der Waals surface area contributed by atoms with E-state index >= 15 is 0 Å². The van der Waals surface area contributed by atoms with Crippen LogP contribution in [0.1, 0.15) is 17.3 Å². The Balaban J connectivity index is 1.52. The number of nitrogens with one attached hydrogen (secondary N) is 1. The largest absolute Gasteiger partial charge is 0.420 e. The maximum absolute atomic E-state index is 14.1. The Kier molecular flexibility index (Phi) is 7.63. The second-order valence-electron chi connectivity index (χ2n) is 8.90. The van der Waals surface area contributed by atoms with Crippen molar-refractivity contribution in [3.05, 3.63) is 72.2 Å². The molecule has 1 aliphatic rings. The van der Waals surface area contributed by atoms with Crippen molar-refractivity contribution in [2.75, 3.05) is 19.6 Å². The van der Waals surface area contributed by atoms with Crippen molar-refractivity contribution in [1.29, 1.82) is 0 Å². The lowest BCUT2D eigenvalue weighted by Gasteiger charge is -2.35. The predicted octanol–water partition coefficient (Wildman–Crippen LogP) is 2.56. The zero-order valence-corrected chi connectivity index (χ0v) is 20.7. The standard InChI is InChI=1S/C26H24F4N6O3/c1-2-35(24(38)19-7-3-5-16-6-4-12-32-21(16)19)15-25(39,26(28,29)30)14-33-23(37)20-13-34-36(22(20)31)18-10-8-17(27)9-11-18/h3-13,20,31,39H,2,14-15H2,1H3,(H,33,37)/p+1. The Morgan fingerprint density at radius 2 is 1.82 bits per heavy atom. The molecule has 1 aliphatic heterocycles. The number of nitrogens with zero attached hydrogens (tertiary/aromatic N) is 4. The van der Waals surface area contributed by atoms with Gasteiger partial charge in [0.25, 0.3) is 11.7 Å². The zero-order chi connectivity index (χ0) is 28.4. The van der Waals surface area contributed by atoms with Crippen molar-refractivity contribution in [2.24, 2.45) is 16.8 Å². The van der Waals surface area contributed by atoms with Crippen LogP contribution in [0.3, 0.4) is 0 Å². The molecule has 1 aromatic heterocycles. The van der Waals surface area contributed by atoms with E-state index in [1.165, 1.54) is 31.3 Å². The first kappa shape index (κ1) is 27.6. The number of alkyl halides is 3. The lowest BCUT2D eigenvalue weighted by Crippen LogP contribution is -2.61. The summed E-state index contributed by atoms with van der Waals surface area (Å²) in [5, 5.41) is 17.4. The van der Waals surface area contributed by atoms with Crippen LogP contribution >= 0.6 is 0 Å². The van der Waals surface area contributed by atoms with E-state index in [-0.39, 0.29) is 17.9 Å². The molecule has 0 bridgehead atoms. The number of aromatic nitrogens is 1. The second kappa shape index (κ2) is 10.8. The zero-order valence-electron chi connectivity index (χ0n) is 20.7. The van der Waals surface area contributed by atoms with Gasteiger partial charge in [-0.2, -0.15) is 13.2 Å². The topological polar surface area (TPSA) is 124 Å². The van der Waals surface area contributed by atoms with E-state index in [2.05, 4.69) is 15.4 Å². The van der Waals surface area contributed by atoms with Crippen LogP contribution in [0.4, 0.5) is 23.2 Å². The molecule has 2 amide bonds. The number of pyridine rings is 1. The number of likely N-dealkylation sites (N-methyl/N-ethyl adjacent to an activating group) is 1. The highest BCUT2D eigenvalue weighted by Gasteiger charge is 2.55. The monoisotopic (exact) mass is 545 g/mol. The number of para-hydroxylation sites is 1. The third-order valence-electron chi connectivity index (χ3n) is 6.32. The van der Waals surface area contributed by atoms with Gasteiger partial charge in [0, 0.05) is 18.1 Å². The molecule has 4 N–H and O–H groups in total. The van der Waals surface area contributed by atoms with Gasteiger partial charge in [0.2, 0.25) is 5.91 Å². The number of amidine groups is 1. The summed E-state index contributed by atoms with van der Waals surface area (Å²) in [4.78, 5) is 31.0. The predicted molar refractivity (Wildman–Crippen MR) is 135 cm³/mol. The van der Waals surface area contributed by atoms with E-state index in [9.17, 15) is 32.3 Å². The van der Waals surface area contributed by atoms with Gasteiger partial charge in [0.05, 0.1) is 30.4 Å². The molecule has 0 spiro atoms. The summed E-state index contributed by atoms with van der Waals surface area (Å²) >= 11 is 0. The highest BCUT2D eigenvalue weighted by molar-refractivity contribution is 6.14. The lowest BCUT2D eigenvalue weighted by atomic mass is 10.0. The van der Waals surface area contributed by atoms with Crippen LogP contribution in [0, 0.1) is 11.7 Å². The highest BCUT2D eigenvalue weighted by atomic mass is 19.4. The molecule has 2 heterocycles. The first-order chi connectivity index (χ1) is 18.4. The Bertz CT molecular complexity index is 1450.